The quantitative estimate of drug-likeness (QED) is 0.527. The van der Waals surface area contributed by atoms with E-state index in [-0.39, 0.29) is 5.56 Å². The number of nitrogens with two attached hydrogens (primary N) is 1. The molecule has 1 unspecified atom stereocenters. The number of rotatable bonds is 3. The van der Waals surface area contributed by atoms with Crippen molar-refractivity contribution in [2.75, 3.05) is 18.8 Å². The Balaban J connectivity index is 2.34. The molecular weight excluding hydrogens is 277 g/mol. The molecule has 6 nitrogen and oxygen atoms in total. The lowest BCUT2D eigenvalue weighted by Crippen LogP contribution is -2.40. The smallest absolute Gasteiger partial charge is 0.293 e. The zero-order valence-corrected chi connectivity index (χ0v) is 11.8. The van der Waals surface area contributed by atoms with Gasteiger partial charge in [-0.15, -0.1) is 0 Å². The monoisotopic (exact) mass is 295 g/mol. The average Bonchev–Trinajstić information content (AvgIpc) is 2.46. The molecule has 7 heteroatoms. The number of hydrogen-bond acceptors (Lipinski definition) is 4. The summed E-state index contributed by atoms with van der Waals surface area (Å²) in [5.41, 5.74) is 4.40. The van der Waals surface area contributed by atoms with Crippen LogP contribution in [0.3, 0.4) is 0 Å². The van der Waals surface area contributed by atoms with Crippen LogP contribution in [0.1, 0.15) is 36.5 Å². The second kappa shape index (κ2) is 6.07. The van der Waals surface area contributed by atoms with Crippen LogP contribution in [0.5, 0.6) is 0 Å². The lowest BCUT2D eigenvalue weighted by molar-refractivity contribution is -0.384. The molecule has 1 saturated heterocycles. The molecule has 1 atom stereocenters. The molecule has 0 spiro atoms. The van der Waals surface area contributed by atoms with Gasteiger partial charge in [-0.3, -0.25) is 14.9 Å². The van der Waals surface area contributed by atoms with Gasteiger partial charge in [0, 0.05) is 19.2 Å². The van der Waals surface area contributed by atoms with Crippen molar-refractivity contribution in [3.05, 3.63) is 33.6 Å². The van der Waals surface area contributed by atoms with Crippen molar-refractivity contribution in [1.29, 1.82) is 0 Å². The number of piperidine rings is 1. The second-order valence-corrected chi connectivity index (χ2v) is 5.28. The Morgan fingerprint density at radius 3 is 2.90 bits per heavy atom. The van der Waals surface area contributed by atoms with E-state index in [4.69, 9.17) is 5.73 Å². The highest BCUT2D eigenvalue weighted by atomic mass is 19.1. The van der Waals surface area contributed by atoms with Crippen LogP contribution in [0.15, 0.2) is 12.1 Å². The number of anilines is 1. The van der Waals surface area contributed by atoms with Crippen molar-refractivity contribution in [1.82, 2.24) is 4.90 Å². The van der Waals surface area contributed by atoms with Gasteiger partial charge in [-0.2, -0.15) is 0 Å². The fraction of sp³-hybridized carbons (Fsp3) is 0.500. The normalized spacial score (nSPS) is 18.6. The summed E-state index contributed by atoms with van der Waals surface area (Å²) in [6, 6.07) is 1.90. The van der Waals surface area contributed by atoms with Gasteiger partial charge in [0.2, 0.25) is 0 Å². The Hall–Kier alpha value is -2.18. The van der Waals surface area contributed by atoms with E-state index in [0.717, 1.165) is 31.4 Å². The van der Waals surface area contributed by atoms with Crippen LogP contribution in [0.25, 0.3) is 0 Å². The fourth-order valence-electron chi connectivity index (χ4n) is 2.70. The van der Waals surface area contributed by atoms with Crippen LogP contribution in [-0.2, 0) is 0 Å². The highest BCUT2D eigenvalue weighted by molar-refractivity contribution is 6.01. The molecule has 0 aromatic heterocycles. The second-order valence-electron chi connectivity index (χ2n) is 5.28. The van der Waals surface area contributed by atoms with Gasteiger partial charge in [-0.1, -0.05) is 13.3 Å². The van der Waals surface area contributed by atoms with E-state index in [0.29, 0.717) is 19.0 Å². The Labute approximate surface area is 121 Å². The molecule has 0 bridgehead atoms. The summed E-state index contributed by atoms with van der Waals surface area (Å²) < 4.78 is 13.9. The maximum atomic E-state index is 13.9. The van der Waals surface area contributed by atoms with Crippen LogP contribution in [0.4, 0.5) is 15.8 Å². The number of carbonyl (C=O) groups is 1. The number of nitro groups is 1. The van der Waals surface area contributed by atoms with Gasteiger partial charge >= 0.3 is 0 Å². The molecule has 0 radical (unpaired) electrons. The van der Waals surface area contributed by atoms with Crippen LogP contribution in [0.2, 0.25) is 0 Å². The molecule has 1 heterocycles. The first-order valence-electron chi connectivity index (χ1n) is 6.97. The van der Waals surface area contributed by atoms with Crippen molar-refractivity contribution >= 4 is 17.3 Å². The molecule has 1 aliphatic heterocycles. The minimum atomic E-state index is -0.818. The predicted molar refractivity (Wildman–Crippen MR) is 76.4 cm³/mol. The first-order chi connectivity index (χ1) is 9.95. The first kappa shape index (κ1) is 15.2. The number of nitrogens with zero attached hydrogens (tertiary/aromatic N) is 2. The molecular formula is C14H18FN3O3. The van der Waals surface area contributed by atoms with Gasteiger partial charge in [0.05, 0.1) is 4.92 Å². The van der Waals surface area contributed by atoms with E-state index in [2.05, 4.69) is 0 Å². The lowest BCUT2D eigenvalue weighted by Gasteiger charge is -2.32. The van der Waals surface area contributed by atoms with Crippen LogP contribution < -0.4 is 5.73 Å². The molecule has 1 aromatic carbocycles. The number of amides is 1. The summed E-state index contributed by atoms with van der Waals surface area (Å²) in [5.74, 6) is -1.00. The van der Waals surface area contributed by atoms with Crippen molar-refractivity contribution < 1.29 is 14.1 Å². The van der Waals surface area contributed by atoms with Gasteiger partial charge < -0.3 is 10.6 Å². The zero-order valence-electron chi connectivity index (χ0n) is 11.8. The van der Waals surface area contributed by atoms with Crippen LogP contribution in [0, 0.1) is 21.8 Å². The summed E-state index contributed by atoms with van der Waals surface area (Å²) in [5, 5.41) is 10.9. The molecule has 0 aliphatic carbocycles. The van der Waals surface area contributed by atoms with E-state index in [9.17, 15) is 19.3 Å². The summed E-state index contributed by atoms with van der Waals surface area (Å²) in [7, 11) is 0. The number of likely N-dealkylation sites (tertiary alicyclic amines) is 1. The molecule has 1 aromatic rings. The first-order valence-corrected chi connectivity index (χ1v) is 6.97. The van der Waals surface area contributed by atoms with E-state index >= 15 is 0 Å². The summed E-state index contributed by atoms with van der Waals surface area (Å²) in [6.45, 7) is 3.11. The van der Waals surface area contributed by atoms with Crippen LogP contribution in [-0.4, -0.2) is 28.8 Å². The fourth-order valence-corrected chi connectivity index (χ4v) is 2.70. The molecule has 21 heavy (non-hydrogen) atoms. The third kappa shape index (κ3) is 2.96. The number of halogens is 1. The standard InChI is InChI=1S/C14H18FN3O3/c1-2-9-4-3-7-17(8-9)14(19)12-10(15)5-6-11(13(12)16)18(20)21/h5-6,9H,2-4,7-8,16H2,1H3. The Morgan fingerprint density at radius 2 is 2.29 bits per heavy atom. The van der Waals surface area contributed by atoms with Gasteiger partial charge in [0.25, 0.3) is 11.6 Å². The zero-order chi connectivity index (χ0) is 15.6. The highest BCUT2D eigenvalue weighted by Gasteiger charge is 2.29. The number of nitrogen functional groups attached to an aromatic ring is 1. The van der Waals surface area contributed by atoms with E-state index in [1.54, 1.807) is 0 Å². The maximum Gasteiger partial charge on any atom is 0.293 e. The Kier molecular flexibility index (Phi) is 4.40. The third-order valence-electron chi connectivity index (χ3n) is 3.97. The summed E-state index contributed by atoms with van der Waals surface area (Å²) in [6.07, 6.45) is 2.82. The molecule has 2 rings (SSSR count). The molecule has 1 amide bonds. The summed E-state index contributed by atoms with van der Waals surface area (Å²) >= 11 is 0. The lowest BCUT2D eigenvalue weighted by atomic mass is 9.95. The van der Waals surface area contributed by atoms with Crippen LogP contribution >= 0.6 is 0 Å². The average molecular weight is 295 g/mol. The SMILES string of the molecule is CCC1CCCN(C(=O)c2c(F)ccc([N+](=O)[O-])c2N)C1. The Morgan fingerprint density at radius 1 is 1.57 bits per heavy atom. The number of benzene rings is 1. The minimum absolute atomic E-state index is 0.380. The largest absolute Gasteiger partial charge is 0.392 e. The topological polar surface area (TPSA) is 89.5 Å². The molecule has 2 N–H and O–H groups in total. The van der Waals surface area contributed by atoms with Gasteiger partial charge in [0.15, 0.2) is 0 Å². The van der Waals surface area contributed by atoms with Gasteiger partial charge in [0.1, 0.15) is 17.1 Å². The molecule has 114 valence electrons. The predicted octanol–water partition coefficient (Wildman–Crippen LogP) is 2.58. The van der Waals surface area contributed by atoms with Crippen molar-refractivity contribution in [3.8, 4) is 0 Å². The number of nitro benzene ring substituents is 1. The molecule has 1 fully saturated rings. The van der Waals surface area contributed by atoms with Gasteiger partial charge in [-0.25, -0.2) is 4.39 Å². The van der Waals surface area contributed by atoms with E-state index < -0.39 is 28.0 Å². The molecule has 1 aliphatic rings. The van der Waals surface area contributed by atoms with Gasteiger partial charge in [-0.05, 0) is 24.8 Å². The van der Waals surface area contributed by atoms with E-state index in [1.165, 1.54) is 4.90 Å². The summed E-state index contributed by atoms with van der Waals surface area (Å²) in [4.78, 5) is 24.1. The number of carbonyl (C=O) groups excluding carboxylic acids is 1. The minimum Gasteiger partial charge on any atom is -0.392 e. The van der Waals surface area contributed by atoms with Crippen molar-refractivity contribution in [2.24, 2.45) is 5.92 Å². The highest BCUT2D eigenvalue weighted by Crippen LogP contribution is 2.30. The Bertz CT molecular complexity index is 577. The van der Waals surface area contributed by atoms with Crippen molar-refractivity contribution in [2.45, 2.75) is 26.2 Å². The maximum absolute atomic E-state index is 13.9. The third-order valence-corrected chi connectivity index (χ3v) is 3.97. The number of hydrogen-bond donors (Lipinski definition) is 1. The van der Waals surface area contributed by atoms with E-state index in [1.807, 2.05) is 6.92 Å². The molecule has 0 saturated carbocycles. The van der Waals surface area contributed by atoms with Crippen molar-refractivity contribution in [3.63, 3.8) is 0 Å².